The van der Waals surface area contributed by atoms with Gasteiger partial charge in [-0.2, -0.15) is 0 Å². The zero-order chi connectivity index (χ0) is 25.8. The van der Waals surface area contributed by atoms with Gasteiger partial charge in [0.1, 0.15) is 23.3 Å². The topological polar surface area (TPSA) is 84.6 Å². The molecule has 1 aliphatic heterocycles. The van der Waals surface area contributed by atoms with Crippen LogP contribution in [0.2, 0.25) is 0 Å². The van der Waals surface area contributed by atoms with Crippen LogP contribution in [0.3, 0.4) is 0 Å². The smallest absolute Gasteiger partial charge is 0.235 e. The molecule has 37 heavy (non-hydrogen) atoms. The van der Waals surface area contributed by atoms with Gasteiger partial charge in [-0.15, -0.1) is 0 Å². The number of ether oxygens (including phenoxy) is 3. The molecule has 1 aliphatic rings. The summed E-state index contributed by atoms with van der Waals surface area (Å²) in [5.74, 6) is 1.98. The van der Waals surface area contributed by atoms with Gasteiger partial charge in [0.2, 0.25) is 11.2 Å². The third-order valence-electron chi connectivity index (χ3n) is 6.55. The molecule has 1 fully saturated rings. The molecule has 1 aromatic heterocycles. The maximum atomic E-state index is 13.3. The minimum absolute atomic E-state index is 0.0596. The van der Waals surface area contributed by atoms with Crippen LogP contribution >= 0.6 is 0 Å². The van der Waals surface area contributed by atoms with Crippen molar-refractivity contribution in [1.82, 2.24) is 4.90 Å². The van der Waals surface area contributed by atoms with Crippen molar-refractivity contribution in [3.63, 3.8) is 0 Å². The fraction of sp³-hybridized carbons (Fsp3) is 0.276. The van der Waals surface area contributed by atoms with Crippen LogP contribution in [0.1, 0.15) is 12.5 Å². The molecule has 5 rings (SSSR count). The van der Waals surface area contributed by atoms with E-state index in [4.69, 9.17) is 18.6 Å². The van der Waals surface area contributed by atoms with Crippen LogP contribution < -0.4 is 24.5 Å². The Morgan fingerprint density at radius 1 is 0.919 bits per heavy atom. The molecule has 3 aromatic carbocycles. The lowest BCUT2D eigenvalue weighted by Crippen LogP contribution is -2.46. The number of rotatable bonds is 8. The lowest BCUT2D eigenvalue weighted by atomic mass is 10.1. The second kappa shape index (κ2) is 10.8. The van der Waals surface area contributed by atoms with Gasteiger partial charge in [0.25, 0.3) is 0 Å². The molecule has 8 nitrogen and oxygen atoms in total. The van der Waals surface area contributed by atoms with Gasteiger partial charge in [0.05, 0.1) is 24.7 Å². The van der Waals surface area contributed by atoms with Gasteiger partial charge in [-0.1, -0.05) is 12.1 Å². The van der Waals surface area contributed by atoms with E-state index in [0.29, 0.717) is 41.2 Å². The van der Waals surface area contributed by atoms with Crippen LogP contribution in [0.25, 0.3) is 11.0 Å². The van der Waals surface area contributed by atoms with E-state index in [1.807, 2.05) is 31.2 Å². The van der Waals surface area contributed by atoms with Gasteiger partial charge in [0.15, 0.2) is 11.5 Å². The number of piperazine rings is 1. The van der Waals surface area contributed by atoms with E-state index in [0.717, 1.165) is 37.6 Å². The van der Waals surface area contributed by atoms with Crippen LogP contribution in [-0.2, 0) is 6.54 Å². The van der Waals surface area contributed by atoms with Gasteiger partial charge in [-0.05, 0) is 55.5 Å². The highest BCUT2D eigenvalue weighted by molar-refractivity contribution is 5.83. The van der Waals surface area contributed by atoms with Crippen LogP contribution in [-0.4, -0.2) is 49.9 Å². The number of benzene rings is 3. The molecule has 0 spiro atoms. The van der Waals surface area contributed by atoms with Gasteiger partial charge < -0.3 is 28.6 Å². The lowest BCUT2D eigenvalue weighted by Gasteiger charge is -2.36. The monoisotopic (exact) mass is 502 g/mol. The van der Waals surface area contributed by atoms with E-state index in [1.54, 1.807) is 31.4 Å². The largest absolute Gasteiger partial charge is 0.507 e. The second-order valence-corrected chi connectivity index (χ2v) is 8.81. The number of fused-ring (bicyclic) bond motifs is 1. The molecule has 192 valence electrons. The zero-order valence-electron chi connectivity index (χ0n) is 21.0. The summed E-state index contributed by atoms with van der Waals surface area (Å²) in [5.41, 5.74) is 1.80. The molecule has 8 heteroatoms. The summed E-state index contributed by atoms with van der Waals surface area (Å²) in [4.78, 5) is 17.8. The SMILES string of the molecule is CCOc1ccccc1Oc1coc2c(CN3CCN(c4ccc(OC)cc4)CC3)c(O)ccc2c1=O. The van der Waals surface area contributed by atoms with Crippen molar-refractivity contribution in [1.29, 1.82) is 0 Å². The summed E-state index contributed by atoms with van der Waals surface area (Å²) in [6.45, 7) is 6.13. The Labute approximate surface area is 215 Å². The minimum atomic E-state index is -0.307. The number of aromatic hydroxyl groups is 1. The number of hydrogen-bond acceptors (Lipinski definition) is 8. The van der Waals surface area contributed by atoms with E-state index < -0.39 is 0 Å². The number of hydrogen-bond donors (Lipinski definition) is 1. The van der Waals surface area contributed by atoms with Gasteiger partial charge in [-0.3, -0.25) is 9.69 Å². The number of methoxy groups -OCH3 is 1. The maximum absolute atomic E-state index is 13.3. The highest BCUT2D eigenvalue weighted by Gasteiger charge is 2.22. The Bertz CT molecular complexity index is 1430. The summed E-state index contributed by atoms with van der Waals surface area (Å²) in [6, 6.07) is 18.3. The fourth-order valence-corrected chi connectivity index (χ4v) is 4.56. The van der Waals surface area contributed by atoms with Gasteiger partial charge in [0, 0.05) is 38.4 Å². The first kappa shape index (κ1) is 24.5. The van der Waals surface area contributed by atoms with Crippen molar-refractivity contribution in [3.05, 3.63) is 82.7 Å². The third kappa shape index (κ3) is 5.20. The van der Waals surface area contributed by atoms with E-state index in [2.05, 4.69) is 21.9 Å². The number of anilines is 1. The predicted octanol–water partition coefficient (Wildman–Crippen LogP) is 5.02. The van der Waals surface area contributed by atoms with Crippen LogP contribution in [0.5, 0.6) is 28.7 Å². The van der Waals surface area contributed by atoms with Crippen molar-refractivity contribution in [3.8, 4) is 28.7 Å². The summed E-state index contributed by atoms with van der Waals surface area (Å²) in [6.07, 6.45) is 1.30. The lowest BCUT2D eigenvalue weighted by molar-refractivity contribution is 0.246. The molecular formula is C29H30N2O6. The van der Waals surface area contributed by atoms with Crippen molar-refractivity contribution >= 4 is 16.7 Å². The molecule has 0 unspecified atom stereocenters. The Hall–Kier alpha value is -4.17. The van der Waals surface area contributed by atoms with E-state index in [-0.39, 0.29) is 16.9 Å². The Morgan fingerprint density at radius 2 is 1.65 bits per heavy atom. The number of phenolic OH excluding ortho intramolecular Hbond substituents is 1. The predicted molar refractivity (Wildman–Crippen MR) is 142 cm³/mol. The van der Waals surface area contributed by atoms with Gasteiger partial charge >= 0.3 is 0 Å². The van der Waals surface area contributed by atoms with E-state index >= 15 is 0 Å². The Kier molecular flexibility index (Phi) is 7.18. The molecule has 0 bridgehead atoms. The molecule has 0 amide bonds. The minimum Gasteiger partial charge on any atom is -0.507 e. The van der Waals surface area contributed by atoms with Crippen LogP contribution in [0.15, 0.2) is 76.1 Å². The first-order valence-corrected chi connectivity index (χ1v) is 12.3. The molecule has 4 aromatic rings. The molecule has 0 saturated carbocycles. The highest BCUT2D eigenvalue weighted by atomic mass is 16.5. The fourth-order valence-electron chi connectivity index (χ4n) is 4.56. The van der Waals surface area contributed by atoms with Crippen molar-refractivity contribution in [2.75, 3.05) is 44.8 Å². The summed E-state index contributed by atoms with van der Waals surface area (Å²) in [5, 5.41) is 11.0. The number of nitrogens with zero attached hydrogens (tertiary/aromatic N) is 2. The zero-order valence-corrected chi connectivity index (χ0v) is 21.0. The summed E-state index contributed by atoms with van der Waals surface area (Å²) < 4.78 is 22.6. The van der Waals surface area contributed by atoms with Gasteiger partial charge in [-0.25, -0.2) is 0 Å². The molecule has 0 atom stereocenters. The average Bonchev–Trinajstić information content (AvgIpc) is 2.93. The first-order valence-electron chi connectivity index (χ1n) is 12.3. The Morgan fingerprint density at radius 3 is 2.35 bits per heavy atom. The molecule has 0 aliphatic carbocycles. The molecule has 1 N–H and O–H groups in total. The third-order valence-corrected chi connectivity index (χ3v) is 6.55. The summed E-state index contributed by atoms with van der Waals surface area (Å²) in [7, 11) is 1.66. The van der Waals surface area contributed by atoms with Crippen molar-refractivity contribution in [2.45, 2.75) is 13.5 Å². The Balaban J connectivity index is 1.34. The van der Waals surface area contributed by atoms with Crippen LogP contribution in [0, 0.1) is 0 Å². The van der Waals surface area contributed by atoms with E-state index in [9.17, 15) is 9.90 Å². The molecule has 1 saturated heterocycles. The molecule has 0 radical (unpaired) electrons. The van der Waals surface area contributed by atoms with Crippen molar-refractivity contribution < 1.29 is 23.7 Å². The second-order valence-electron chi connectivity index (χ2n) is 8.81. The number of para-hydroxylation sites is 2. The first-order chi connectivity index (χ1) is 18.1. The normalized spacial score (nSPS) is 14.1. The number of phenols is 1. The van der Waals surface area contributed by atoms with Crippen LogP contribution in [0.4, 0.5) is 5.69 Å². The molecular weight excluding hydrogens is 472 g/mol. The standard InChI is InChI=1S/C29H30N2O6/c1-3-35-25-6-4-5-7-26(25)37-27-19-36-29-22(28(27)33)12-13-24(32)23(29)18-30-14-16-31(17-15-30)20-8-10-21(34-2)11-9-20/h4-13,19,32H,3,14-18H2,1-2H3. The van der Waals surface area contributed by atoms with Crippen molar-refractivity contribution in [2.24, 2.45) is 0 Å². The highest BCUT2D eigenvalue weighted by Crippen LogP contribution is 2.33. The quantitative estimate of drug-likeness (QED) is 0.360. The van der Waals surface area contributed by atoms with E-state index in [1.165, 1.54) is 6.26 Å². The maximum Gasteiger partial charge on any atom is 0.235 e. The molecule has 2 heterocycles. The average molecular weight is 503 g/mol. The summed E-state index contributed by atoms with van der Waals surface area (Å²) >= 11 is 0.